The topological polar surface area (TPSA) is 18.5 Å². The van der Waals surface area contributed by atoms with Crippen LogP contribution in [0.4, 0.5) is 22.0 Å². The normalized spacial score (nSPS) is 18.0. The molecule has 0 unspecified atom stereocenters. The van der Waals surface area contributed by atoms with E-state index in [0.29, 0.717) is 31.2 Å². The molecule has 186 valence electrons. The van der Waals surface area contributed by atoms with Gasteiger partial charge in [0.1, 0.15) is 5.82 Å². The SMILES string of the molecule is CCOc1ccc(-c2ccc(C3CCC(OCc4ccc(C)c(F)c4F)CC3)c(F)c2)c(F)c1F. The third kappa shape index (κ3) is 5.35. The molecule has 0 N–H and O–H groups in total. The highest BCUT2D eigenvalue weighted by atomic mass is 19.2. The Hall–Kier alpha value is -2.93. The molecule has 2 nitrogen and oxygen atoms in total. The molecule has 0 aromatic heterocycles. The smallest absolute Gasteiger partial charge is 0.201 e. The van der Waals surface area contributed by atoms with Gasteiger partial charge in [-0.2, -0.15) is 4.39 Å². The van der Waals surface area contributed by atoms with Gasteiger partial charge >= 0.3 is 0 Å². The maximum absolute atomic E-state index is 15.0. The van der Waals surface area contributed by atoms with Gasteiger partial charge in [0.15, 0.2) is 23.2 Å². The van der Waals surface area contributed by atoms with Crippen LogP contribution in [-0.4, -0.2) is 12.7 Å². The standard InChI is InChI=1S/C28H27F5O2/c1-3-34-24-13-12-22(27(32)28(24)33)18-8-11-21(23(29)14-18)17-6-9-20(10-7-17)35-15-19-5-4-16(2)25(30)26(19)31/h4-5,8,11-14,17,20H,3,6-7,9-10,15H2,1-2H3. The summed E-state index contributed by atoms with van der Waals surface area (Å²) in [7, 11) is 0. The van der Waals surface area contributed by atoms with Crippen molar-refractivity contribution < 1.29 is 31.4 Å². The molecule has 0 spiro atoms. The van der Waals surface area contributed by atoms with Gasteiger partial charge in [-0.25, -0.2) is 17.6 Å². The first-order chi connectivity index (χ1) is 16.8. The van der Waals surface area contributed by atoms with Crippen LogP contribution in [0.15, 0.2) is 42.5 Å². The summed E-state index contributed by atoms with van der Waals surface area (Å²) in [4.78, 5) is 0. The molecule has 1 saturated carbocycles. The molecule has 0 heterocycles. The van der Waals surface area contributed by atoms with E-state index < -0.39 is 29.1 Å². The van der Waals surface area contributed by atoms with Crippen molar-refractivity contribution in [2.24, 2.45) is 0 Å². The number of benzene rings is 3. The Balaban J connectivity index is 1.39. The molecular formula is C28H27F5O2. The Morgan fingerprint density at radius 2 is 1.54 bits per heavy atom. The summed E-state index contributed by atoms with van der Waals surface area (Å²) < 4.78 is 82.4. The molecule has 35 heavy (non-hydrogen) atoms. The second kappa shape index (κ2) is 10.8. The Kier molecular flexibility index (Phi) is 7.75. The van der Waals surface area contributed by atoms with Gasteiger partial charge in [0.05, 0.1) is 19.3 Å². The van der Waals surface area contributed by atoms with Crippen LogP contribution < -0.4 is 4.74 Å². The van der Waals surface area contributed by atoms with Crippen molar-refractivity contribution in [1.29, 1.82) is 0 Å². The lowest BCUT2D eigenvalue weighted by atomic mass is 9.82. The number of aryl methyl sites for hydroxylation is 1. The molecule has 7 heteroatoms. The van der Waals surface area contributed by atoms with Crippen LogP contribution in [-0.2, 0) is 11.3 Å². The first-order valence-electron chi connectivity index (χ1n) is 11.8. The maximum atomic E-state index is 15.0. The third-order valence-electron chi connectivity index (χ3n) is 6.60. The maximum Gasteiger partial charge on any atom is 0.201 e. The van der Waals surface area contributed by atoms with Gasteiger partial charge in [-0.05, 0) is 80.3 Å². The molecule has 0 amide bonds. The van der Waals surface area contributed by atoms with E-state index in [2.05, 4.69) is 0 Å². The average Bonchev–Trinajstić information content (AvgIpc) is 2.85. The van der Waals surface area contributed by atoms with Crippen LogP contribution in [0.2, 0.25) is 0 Å². The monoisotopic (exact) mass is 490 g/mol. The Morgan fingerprint density at radius 3 is 2.23 bits per heavy atom. The zero-order valence-electron chi connectivity index (χ0n) is 19.6. The lowest BCUT2D eigenvalue weighted by Gasteiger charge is -2.29. The van der Waals surface area contributed by atoms with E-state index in [1.165, 1.54) is 37.3 Å². The second-order valence-corrected chi connectivity index (χ2v) is 8.86. The van der Waals surface area contributed by atoms with Crippen molar-refractivity contribution in [3.05, 3.63) is 88.2 Å². The Bertz CT molecular complexity index is 1200. The van der Waals surface area contributed by atoms with Crippen molar-refractivity contribution in [2.45, 2.75) is 58.2 Å². The van der Waals surface area contributed by atoms with E-state index in [9.17, 15) is 22.0 Å². The second-order valence-electron chi connectivity index (χ2n) is 8.86. The molecule has 3 aromatic rings. The third-order valence-corrected chi connectivity index (χ3v) is 6.60. The van der Waals surface area contributed by atoms with E-state index in [1.807, 2.05) is 0 Å². The summed E-state index contributed by atoms with van der Waals surface area (Å²) in [5.74, 6) is -4.62. The number of hydrogen-bond donors (Lipinski definition) is 0. The van der Waals surface area contributed by atoms with Crippen LogP contribution in [0, 0.1) is 36.0 Å². The van der Waals surface area contributed by atoms with E-state index in [0.717, 1.165) is 0 Å². The highest BCUT2D eigenvalue weighted by molar-refractivity contribution is 5.66. The summed E-state index contributed by atoms with van der Waals surface area (Å²) in [6, 6.07) is 10.2. The van der Waals surface area contributed by atoms with E-state index >= 15 is 0 Å². The fourth-order valence-electron chi connectivity index (χ4n) is 4.59. The van der Waals surface area contributed by atoms with Crippen LogP contribution in [0.3, 0.4) is 0 Å². The van der Waals surface area contributed by atoms with Crippen LogP contribution >= 0.6 is 0 Å². The van der Waals surface area contributed by atoms with Crippen molar-refractivity contribution in [2.75, 3.05) is 6.61 Å². The van der Waals surface area contributed by atoms with Gasteiger partial charge in [-0.1, -0.05) is 24.3 Å². The number of hydrogen-bond acceptors (Lipinski definition) is 2. The zero-order valence-corrected chi connectivity index (χ0v) is 19.6. The van der Waals surface area contributed by atoms with Crippen LogP contribution in [0.5, 0.6) is 5.75 Å². The number of halogens is 5. The molecule has 4 rings (SSSR count). The molecule has 1 aliphatic rings. The summed E-state index contributed by atoms with van der Waals surface area (Å²) in [5.41, 5.74) is 1.15. The van der Waals surface area contributed by atoms with Crippen LogP contribution in [0.1, 0.15) is 55.2 Å². The summed E-state index contributed by atoms with van der Waals surface area (Å²) in [6.45, 7) is 3.35. The number of ether oxygens (including phenoxy) is 2. The molecule has 0 bridgehead atoms. The van der Waals surface area contributed by atoms with Gasteiger partial charge in [0.25, 0.3) is 0 Å². The fraction of sp³-hybridized carbons (Fsp3) is 0.357. The first kappa shape index (κ1) is 25.2. The van der Waals surface area contributed by atoms with Gasteiger partial charge < -0.3 is 9.47 Å². The van der Waals surface area contributed by atoms with Crippen molar-refractivity contribution >= 4 is 0 Å². The Labute approximate surface area is 201 Å². The van der Waals surface area contributed by atoms with Crippen LogP contribution in [0.25, 0.3) is 11.1 Å². The largest absolute Gasteiger partial charge is 0.491 e. The summed E-state index contributed by atoms with van der Waals surface area (Å²) in [6.07, 6.45) is 2.51. The molecule has 0 saturated heterocycles. The van der Waals surface area contributed by atoms with Crippen molar-refractivity contribution in [3.8, 4) is 16.9 Å². The van der Waals surface area contributed by atoms with Gasteiger partial charge in [0.2, 0.25) is 5.82 Å². The minimum atomic E-state index is -1.10. The fourth-order valence-corrected chi connectivity index (χ4v) is 4.59. The van der Waals surface area contributed by atoms with Crippen molar-refractivity contribution in [1.82, 2.24) is 0 Å². The Morgan fingerprint density at radius 1 is 0.800 bits per heavy atom. The summed E-state index contributed by atoms with van der Waals surface area (Å²) >= 11 is 0. The number of rotatable bonds is 7. The first-order valence-corrected chi connectivity index (χ1v) is 11.8. The quantitative estimate of drug-likeness (QED) is 0.313. The van der Waals surface area contributed by atoms with E-state index in [1.54, 1.807) is 19.1 Å². The minimum absolute atomic E-state index is 0.0222. The van der Waals surface area contributed by atoms with Crippen molar-refractivity contribution in [3.63, 3.8) is 0 Å². The molecule has 1 fully saturated rings. The minimum Gasteiger partial charge on any atom is -0.491 e. The molecule has 0 atom stereocenters. The highest BCUT2D eigenvalue weighted by Gasteiger charge is 2.26. The average molecular weight is 491 g/mol. The van der Waals surface area contributed by atoms with Gasteiger partial charge in [0, 0.05) is 11.1 Å². The predicted octanol–water partition coefficient (Wildman–Crippen LogP) is 8.00. The highest BCUT2D eigenvalue weighted by Crippen LogP contribution is 2.38. The van der Waals surface area contributed by atoms with Gasteiger partial charge in [-0.15, -0.1) is 0 Å². The van der Waals surface area contributed by atoms with E-state index in [-0.39, 0.29) is 53.2 Å². The molecule has 0 aliphatic heterocycles. The molecule has 3 aromatic carbocycles. The van der Waals surface area contributed by atoms with E-state index in [4.69, 9.17) is 9.47 Å². The summed E-state index contributed by atoms with van der Waals surface area (Å²) in [5, 5.41) is 0. The van der Waals surface area contributed by atoms with Gasteiger partial charge in [-0.3, -0.25) is 0 Å². The molecule has 1 aliphatic carbocycles. The lowest BCUT2D eigenvalue weighted by Crippen LogP contribution is -2.21. The zero-order chi connectivity index (χ0) is 25.1. The molecular weight excluding hydrogens is 463 g/mol. The lowest BCUT2D eigenvalue weighted by molar-refractivity contribution is 0.0117. The predicted molar refractivity (Wildman–Crippen MR) is 124 cm³/mol. The molecule has 0 radical (unpaired) electrons.